The fourth-order valence-corrected chi connectivity index (χ4v) is 2.81. The quantitative estimate of drug-likeness (QED) is 0.895. The number of rotatable bonds is 5. The topological polar surface area (TPSA) is 32.3 Å². The van der Waals surface area contributed by atoms with Crippen molar-refractivity contribution in [2.24, 2.45) is 0 Å². The van der Waals surface area contributed by atoms with Gasteiger partial charge in [0.05, 0.1) is 6.04 Å². The first-order valence-electron chi connectivity index (χ1n) is 7.78. The van der Waals surface area contributed by atoms with Crippen molar-refractivity contribution in [3.05, 3.63) is 35.4 Å². The summed E-state index contributed by atoms with van der Waals surface area (Å²) in [7, 11) is 0. The van der Waals surface area contributed by atoms with Crippen LogP contribution in [0.15, 0.2) is 24.3 Å². The molecule has 0 aliphatic carbocycles. The van der Waals surface area contributed by atoms with Crippen LogP contribution < -0.4 is 5.32 Å². The van der Waals surface area contributed by atoms with Crippen LogP contribution in [0.3, 0.4) is 0 Å². The van der Waals surface area contributed by atoms with E-state index in [9.17, 15) is 4.79 Å². The van der Waals surface area contributed by atoms with E-state index in [0.717, 1.165) is 19.6 Å². The van der Waals surface area contributed by atoms with Crippen LogP contribution in [0.4, 0.5) is 0 Å². The van der Waals surface area contributed by atoms with Crippen molar-refractivity contribution in [1.82, 2.24) is 10.2 Å². The molecule has 1 saturated heterocycles. The van der Waals surface area contributed by atoms with E-state index >= 15 is 0 Å². The van der Waals surface area contributed by atoms with Gasteiger partial charge in [0.25, 0.3) is 0 Å². The highest BCUT2D eigenvalue weighted by atomic mass is 16.1. The molecule has 0 saturated carbocycles. The lowest BCUT2D eigenvalue weighted by atomic mass is 10.0. The Morgan fingerprint density at radius 2 is 1.85 bits per heavy atom. The van der Waals surface area contributed by atoms with Crippen molar-refractivity contribution in [2.45, 2.75) is 45.6 Å². The highest BCUT2D eigenvalue weighted by molar-refractivity contribution is 5.75. The number of amides is 1. The molecule has 110 valence electrons. The number of piperidine rings is 1. The maximum absolute atomic E-state index is 11.6. The molecule has 1 atom stereocenters. The summed E-state index contributed by atoms with van der Waals surface area (Å²) in [5, 5.41) is 3.06. The predicted molar refractivity (Wildman–Crippen MR) is 82.6 cm³/mol. The molecule has 1 aliphatic heterocycles. The van der Waals surface area contributed by atoms with Crippen LogP contribution in [0.5, 0.6) is 0 Å². The maximum Gasteiger partial charge on any atom is 0.219 e. The third kappa shape index (κ3) is 4.07. The molecule has 1 amide bonds. The van der Waals surface area contributed by atoms with Crippen molar-refractivity contribution >= 4 is 5.91 Å². The predicted octanol–water partition coefficient (Wildman–Crippen LogP) is 3.05. The summed E-state index contributed by atoms with van der Waals surface area (Å²) >= 11 is 0. The largest absolute Gasteiger partial charge is 0.354 e. The number of aryl methyl sites for hydroxylation is 1. The van der Waals surface area contributed by atoms with Gasteiger partial charge in [0.2, 0.25) is 5.91 Å². The fraction of sp³-hybridized carbons (Fsp3) is 0.588. The smallest absolute Gasteiger partial charge is 0.219 e. The number of carbonyl (C=O) groups excluding carboxylic acids is 1. The van der Waals surface area contributed by atoms with Gasteiger partial charge in [-0.2, -0.15) is 0 Å². The lowest BCUT2D eigenvalue weighted by molar-refractivity contribution is -0.121. The molecule has 0 bridgehead atoms. The molecule has 1 aliphatic rings. The average Bonchev–Trinajstić information content (AvgIpc) is 2.50. The number of nitrogens with one attached hydrogen (secondary N) is 1. The van der Waals surface area contributed by atoms with Gasteiger partial charge < -0.3 is 5.32 Å². The van der Waals surface area contributed by atoms with E-state index in [0.29, 0.717) is 12.5 Å². The number of benzene rings is 1. The zero-order valence-electron chi connectivity index (χ0n) is 12.7. The summed E-state index contributed by atoms with van der Waals surface area (Å²) in [6, 6.07) is 9.03. The van der Waals surface area contributed by atoms with Gasteiger partial charge in [-0.3, -0.25) is 9.69 Å². The number of likely N-dealkylation sites (tertiary alicyclic amines) is 1. The first-order chi connectivity index (χ1) is 9.70. The molecule has 1 aromatic carbocycles. The number of hydrogen-bond donors (Lipinski definition) is 1. The number of hydrogen-bond acceptors (Lipinski definition) is 2. The molecule has 20 heavy (non-hydrogen) atoms. The van der Waals surface area contributed by atoms with Gasteiger partial charge in [-0.15, -0.1) is 0 Å². The van der Waals surface area contributed by atoms with Crippen LogP contribution in [0.25, 0.3) is 0 Å². The van der Waals surface area contributed by atoms with Gasteiger partial charge in [-0.25, -0.2) is 0 Å². The van der Waals surface area contributed by atoms with Crippen LogP contribution in [-0.4, -0.2) is 30.4 Å². The van der Waals surface area contributed by atoms with E-state index in [2.05, 4.69) is 41.4 Å². The monoisotopic (exact) mass is 274 g/mol. The lowest BCUT2D eigenvalue weighted by Gasteiger charge is -2.35. The standard InChI is InChI=1S/C17H26N2O/c1-3-17(20)18-13-16(19-11-5-4-6-12-19)15-9-7-14(2)8-10-15/h7-10,16H,3-6,11-13H2,1-2H3,(H,18,20). The van der Waals surface area contributed by atoms with E-state index in [1.807, 2.05) is 6.92 Å². The van der Waals surface area contributed by atoms with Gasteiger partial charge in [0.15, 0.2) is 0 Å². The zero-order chi connectivity index (χ0) is 14.4. The Kier molecular flexibility index (Phi) is 5.60. The minimum atomic E-state index is 0.138. The molecule has 0 spiro atoms. The van der Waals surface area contributed by atoms with Crippen molar-refractivity contribution in [3.8, 4) is 0 Å². The molecule has 0 radical (unpaired) electrons. The Labute approximate surface area is 122 Å². The van der Waals surface area contributed by atoms with Gasteiger partial charge >= 0.3 is 0 Å². The van der Waals surface area contributed by atoms with E-state index in [1.54, 1.807) is 0 Å². The van der Waals surface area contributed by atoms with E-state index in [4.69, 9.17) is 0 Å². The van der Waals surface area contributed by atoms with Crippen LogP contribution in [0.2, 0.25) is 0 Å². The van der Waals surface area contributed by atoms with Crippen molar-refractivity contribution in [1.29, 1.82) is 0 Å². The minimum Gasteiger partial charge on any atom is -0.354 e. The molecule has 1 fully saturated rings. The van der Waals surface area contributed by atoms with Crippen LogP contribution in [0, 0.1) is 6.92 Å². The second-order valence-electron chi connectivity index (χ2n) is 5.68. The molecular weight excluding hydrogens is 248 g/mol. The number of carbonyl (C=O) groups is 1. The molecule has 1 unspecified atom stereocenters. The fourth-order valence-electron chi connectivity index (χ4n) is 2.81. The molecule has 0 aromatic heterocycles. The lowest BCUT2D eigenvalue weighted by Crippen LogP contribution is -2.40. The van der Waals surface area contributed by atoms with Crippen LogP contribution in [-0.2, 0) is 4.79 Å². The summed E-state index contributed by atoms with van der Waals surface area (Å²) in [4.78, 5) is 14.1. The molecule has 1 N–H and O–H groups in total. The molecule has 2 rings (SSSR count). The van der Waals surface area contributed by atoms with Crippen LogP contribution in [0.1, 0.15) is 49.8 Å². The third-order valence-electron chi connectivity index (χ3n) is 4.11. The molecule has 1 heterocycles. The second kappa shape index (κ2) is 7.44. The minimum absolute atomic E-state index is 0.138. The van der Waals surface area contributed by atoms with E-state index < -0.39 is 0 Å². The summed E-state index contributed by atoms with van der Waals surface area (Å²) in [6.07, 6.45) is 4.42. The van der Waals surface area contributed by atoms with Gasteiger partial charge in [0, 0.05) is 13.0 Å². The first-order valence-corrected chi connectivity index (χ1v) is 7.78. The van der Waals surface area contributed by atoms with Gasteiger partial charge in [-0.05, 0) is 38.4 Å². The summed E-state index contributed by atoms with van der Waals surface area (Å²) in [5.74, 6) is 0.138. The third-order valence-corrected chi connectivity index (χ3v) is 4.11. The maximum atomic E-state index is 11.6. The number of nitrogens with zero attached hydrogens (tertiary/aromatic N) is 1. The first kappa shape index (κ1) is 15.0. The Balaban J connectivity index is 2.09. The Hall–Kier alpha value is -1.35. The normalized spacial score (nSPS) is 17.7. The molecule has 3 nitrogen and oxygen atoms in total. The Bertz CT molecular complexity index is 421. The van der Waals surface area contributed by atoms with E-state index in [1.165, 1.54) is 30.4 Å². The molecule has 3 heteroatoms. The average molecular weight is 274 g/mol. The van der Waals surface area contributed by atoms with Gasteiger partial charge in [0.1, 0.15) is 0 Å². The summed E-state index contributed by atoms with van der Waals surface area (Å²) in [5.41, 5.74) is 2.60. The molecule has 1 aromatic rings. The van der Waals surface area contributed by atoms with Crippen molar-refractivity contribution < 1.29 is 4.79 Å². The summed E-state index contributed by atoms with van der Waals surface area (Å²) < 4.78 is 0. The second-order valence-corrected chi connectivity index (χ2v) is 5.68. The SMILES string of the molecule is CCC(=O)NCC(c1ccc(C)cc1)N1CCCCC1. The zero-order valence-corrected chi connectivity index (χ0v) is 12.7. The van der Waals surface area contributed by atoms with Crippen molar-refractivity contribution in [2.75, 3.05) is 19.6 Å². The van der Waals surface area contributed by atoms with Crippen molar-refractivity contribution in [3.63, 3.8) is 0 Å². The highest BCUT2D eigenvalue weighted by Gasteiger charge is 2.22. The Morgan fingerprint density at radius 1 is 1.20 bits per heavy atom. The summed E-state index contributed by atoms with van der Waals surface area (Å²) in [6.45, 7) is 7.01. The Morgan fingerprint density at radius 3 is 2.45 bits per heavy atom. The van der Waals surface area contributed by atoms with Gasteiger partial charge in [-0.1, -0.05) is 43.2 Å². The molecular formula is C17H26N2O. The van der Waals surface area contributed by atoms with E-state index in [-0.39, 0.29) is 5.91 Å². The highest BCUT2D eigenvalue weighted by Crippen LogP contribution is 2.24. The van der Waals surface area contributed by atoms with Crippen LogP contribution >= 0.6 is 0 Å².